The molecule has 1 fully saturated rings. The Morgan fingerprint density at radius 1 is 1.29 bits per heavy atom. The number of thioether (sulfide) groups is 1. The first-order valence-electron chi connectivity index (χ1n) is 6.49. The van der Waals surface area contributed by atoms with E-state index >= 15 is 0 Å². The molecule has 1 N–H and O–H groups in total. The van der Waals surface area contributed by atoms with Crippen LogP contribution in [0.4, 0.5) is 0 Å². The summed E-state index contributed by atoms with van der Waals surface area (Å²) in [5, 5.41) is 13.9. The summed E-state index contributed by atoms with van der Waals surface area (Å²) in [5.74, 6) is 5.59. The molecule has 0 spiro atoms. The Hall–Kier alpha value is -0.550. The number of nitrogens with zero attached hydrogens (tertiary/aromatic N) is 3. The van der Waals surface area contributed by atoms with E-state index in [1.165, 1.54) is 24.3 Å². The third kappa shape index (κ3) is 2.36. The maximum atomic E-state index is 9.21. The van der Waals surface area contributed by atoms with Gasteiger partial charge in [0.05, 0.1) is 0 Å². The quantitative estimate of drug-likeness (QED) is 0.866. The lowest BCUT2D eigenvalue weighted by Gasteiger charge is -2.19. The fourth-order valence-corrected chi connectivity index (χ4v) is 3.78. The predicted octanol–water partition coefficient (Wildman–Crippen LogP) is 1.44. The van der Waals surface area contributed by atoms with E-state index in [9.17, 15) is 5.11 Å². The second-order valence-electron chi connectivity index (χ2n) is 5.04. The normalized spacial score (nSPS) is 25.8. The first-order chi connectivity index (χ1) is 8.36. The van der Waals surface area contributed by atoms with Crippen LogP contribution in [0.5, 0.6) is 0 Å². The average Bonchev–Trinajstić information content (AvgIpc) is 2.82. The minimum Gasteiger partial charge on any atom is -0.396 e. The van der Waals surface area contributed by atoms with Crippen molar-refractivity contribution in [1.82, 2.24) is 14.8 Å². The van der Waals surface area contributed by atoms with Crippen molar-refractivity contribution in [3.05, 3.63) is 11.6 Å². The highest BCUT2D eigenvalue weighted by molar-refractivity contribution is 7.99. The van der Waals surface area contributed by atoms with Gasteiger partial charge in [0.2, 0.25) is 0 Å². The van der Waals surface area contributed by atoms with Crippen molar-refractivity contribution in [1.29, 1.82) is 0 Å². The van der Waals surface area contributed by atoms with Crippen LogP contribution in [0.15, 0.2) is 0 Å². The predicted molar refractivity (Wildman–Crippen MR) is 68.2 cm³/mol. The smallest absolute Gasteiger partial charge is 0.154 e. The summed E-state index contributed by atoms with van der Waals surface area (Å²) in [6.45, 7) is 1.21. The van der Waals surface area contributed by atoms with E-state index in [2.05, 4.69) is 9.78 Å². The number of aliphatic hydroxyl groups is 1. The van der Waals surface area contributed by atoms with Crippen LogP contribution >= 0.6 is 11.8 Å². The van der Waals surface area contributed by atoms with Gasteiger partial charge in [0.1, 0.15) is 5.82 Å². The lowest BCUT2D eigenvalue weighted by atomic mass is 9.99. The fourth-order valence-electron chi connectivity index (χ4n) is 2.67. The number of aromatic nitrogens is 3. The molecule has 3 rings (SSSR count). The molecule has 17 heavy (non-hydrogen) atoms. The lowest BCUT2D eigenvalue weighted by molar-refractivity contribution is 0.196. The number of hydrogen-bond donors (Lipinski definition) is 1. The summed E-state index contributed by atoms with van der Waals surface area (Å²) in [6, 6.07) is 0. The van der Waals surface area contributed by atoms with Gasteiger partial charge in [-0.25, -0.2) is 9.67 Å². The molecule has 0 aromatic carbocycles. The van der Waals surface area contributed by atoms with Gasteiger partial charge in [-0.15, -0.1) is 0 Å². The van der Waals surface area contributed by atoms with E-state index < -0.39 is 0 Å². The highest BCUT2D eigenvalue weighted by atomic mass is 32.2. The second kappa shape index (κ2) is 4.98. The minimum absolute atomic E-state index is 0.280. The summed E-state index contributed by atoms with van der Waals surface area (Å²) < 4.78 is 2.06. The van der Waals surface area contributed by atoms with Crippen LogP contribution in [0, 0.1) is 5.92 Å². The van der Waals surface area contributed by atoms with Gasteiger partial charge in [-0.1, -0.05) is 0 Å². The van der Waals surface area contributed by atoms with Crippen LogP contribution in [0.2, 0.25) is 0 Å². The average molecular weight is 253 g/mol. The van der Waals surface area contributed by atoms with Gasteiger partial charge >= 0.3 is 0 Å². The molecule has 5 heteroatoms. The van der Waals surface area contributed by atoms with Crippen molar-refractivity contribution in [3.63, 3.8) is 0 Å². The molecule has 2 aliphatic heterocycles. The highest BCUT2D eigenvalue weighted by Gasteiger charge is 2.25. The zero-order valence-corrected chi connectivity index (χ0v) is 10.8. The summed E-state index contributed by atoms with van der Waals surface area (Å²) in [5.41, 5.74) is 0. The molecular formula is C12H19N3OS. The van der Waals surface area contributed by atoms with Crippen molar-refractivity contribution in [2.24, 2.45) is 5.92 Å². The monoisotopic (exact) mass is 253 g/mol. The highest BCUT2D eigenvalue weighted by Crippen LogP contribution is 2.30. The van der Waals surface area contributed by atoms with Crippen LogP contribution < -0.4 is 0 Å². The van der Waals surface area contributed by atoms with E-state index in [1.54, 1.807) is 0 Å². The van der Waals surface area contributed by atoms with Gasteiger partial charge in [-0.3, -0.25) is 0 Å². The Morgan fingerprint density at radius 3 is 2.88 bits per heavy atom. The molecule has 3 heterocycles. The fraction of sp³-hybridized carbons (Fsp3) is 0.833. The minimum atomic E-state index is 0.280. The third-order valence-electron chi connectivity index (χ3n) is 3.83. The number of aliphatic hydroxyl groups excluding tert-OH is 1. The van der Waals surface area contributed by atoms with Gasteiger partial charge in [-0.2, -0.15) is 16.9 Å². The van der Waals surface area contributed by atoms with Gasteiger partial charge in [0.25, 0.3) is 0 Å². The molecule has 1 aromatic rings. The molecule has 2 aliphatic rings. The molecule has 4 nitrogen and oxygen atoms in total. The van der Waals surface area contributed by atoms with E-state index in [0.29, 0.717) is 11.8 Å². The molecule has 1 unspecified atom stereocenters. The number of rotatable bonds is 2. The molecular weight excluding hydrogens is 234 g/mol. The van der Waals surface area contributed by atoms with E-state index in [1.807, 2.05) is 11.8 Å². The van der Waals surface area contributed by atoms with Crippen molar-refractivity contribution in [2.75, 3.05) is 18.1 Å². The molecule has 1 aromatic heterocycles. The molecule has 1 saturated heterocycles. The van der Waals surface area contributed by atoms with Crippen LogP contribution in [-0.4, -0.2) is 38.0 Å². The maximum Gasteiger partial charge on any atom is 0.154 e. The molecule has 1 atom stereocenters. The van der Waals surface area contributed by atoms with Crippen molar-refractivity contribution < 1.29 is 5.11 Å². The molecule has 0 amide bonds. The second-order valence-corrected chi connectivity index (χ2v) is 6.26. The van der Waals surface area contributed by atoms with Gasteiger partial charge in [-0.05, 0) is 36.7 Å². The van der Waals surface area contributed by atoms with Crippen LogP contribution in [0.1, 0.15) is 36.8 Å². The van der Waals surface area contributed by atoms with E-state index in [0.717, 1.165) is 31.0 Å². The summed E-state index contributed by atoms with van der Waals surface area (Å²) >= 11 is 2.04. The first kappa shape index (κ1) is 11.5. The molecule has 0 radical (unpaired) electrons. The van der Waals surface area contributed by atoms with Crippen LogP contribution in [-0.2, 0) is 13.0 Å². The van der Waals surface area contributed by atoms with E-state index in [4.69, 9.17) is 4.98 Å². The standard InChI is InChI=1S/C12H19N3OS/c16-8-9-1-4-15-11(7-9)13-12(14-15)10-2-5-17-6-3-10/h9-10,16H,1-8H2. The summed E-state index contributed by atoms with van der Waals surface area (Å²) in [7, 11) is 0. The van der Waals surface area contributed by atoms with Crippen molar-refractivity contribution >= 4 is 11.8 Å². The number of hydrogen-bond acceptors (Lipinski definition) is 4. The van der Waals surface area contributed by atoms with Gasteiger partial charge in [0.15, 0.2) is 5.82 Å². The zero-order valence-electron chi connectivity index (χ0n) is 10.0. The lowest BCUT2D eigenvalue weighted by Crippen LogP contribution is -2.22. The Morgan fingerprint density at radius 2 is 2.12 bits per heavy atom. The van der Waals surface area contributed by atoms with Crippen LogP contribution in [0.25, 0.3) is 0 Å². The van der Waals surface area contributed by atoms with Crippen molar-refractivity contribution in [2.45, 2.75) is 38.1 Å². The van der Waals surface area contributed by atoms with E-state index in [-0.39, 0.29) is 6.61 Å². The third-order valence-corrected chi connectivity index (χ3v) is 4.88. The number of fused-ring (bicyclic) bond motifs is 1. The first-order valence-corrected chi connectivity index (χ1v) is 7.64. The van der Waals surface area contributed by atoms with Gasteiger partial charge in [0, 0.05) is 25.5 Å². The van der Waals surface area contributed by atoms with Gasteiger partial charge < -0.3 is 5.11 Å². The molecule has 0 bridgehead atoms. The summed E-state index contributed by atoms with van der Waals surface area (Å²) in [6.07, 6.45) is 4.37. The Balaban J connectivity index is 1.77. The summed E-state index contributed by atoms with van der Waals surface area (Å²) in [4.78, 5) is 4.70. The molecule has 94 valence electrons. The Kier molecular flexibility index (Phi) is 3.38. The molecule has 0 aliphatic carbocycles. The Labute approximate surface area is 106 Å². The molecule has 0 saturated carbocycles. The van der Waals surface area contributed by atoms with Crippen molar-refractivity contribution in [3.8, 4) is 0 Å². The SMILES string of the molecule is OCC1CCn2nc(C3CCSCC3)nc2C1. The largest absolute Gasteiger partial charge is 0.396 e. The Bertz CT molecular complexity index is 387. The topological polar surface area (TPSA) is 50.9 Å². The zero-order chi connectivity index (χ0) is 11.7. The maximum absolute atomic E-state index is 9.21. The van der Waals surface area contributed by atoms with Crippen LogP contribution in [0.3, 0.4) is 0 Å². The number of aryl methyl sites for hydroxylation is 1.